The van der Waals surface area contributed by atoms with Crippen molar-refractivity contribution in [3.8, 4) is 0 Å². The Morgan fingerprint density at radius 2 is 1.90 bits per heavy atom. The van der Waals surface area contributed by atoms with Crippen molar-refractivity contribution in [2.75, 3.05) is 19.6 Å². The van der Waals surface area contributed by atoms with E-state index in [0.29, 0.717) is 0 Å². The van der Waals surface area contributed by atoms with E-state index in [1.807, 2.05) is 0 Å². The maximum absolute atomic E-state index is 3.53. The fraction of sp³-hybridized carbons (Fsp3) is 0.667. The highest BCUT2D eigenvalue weighted by molar-refractivity contribution is 5.27. The van der Waals surface area contributed by atoms with Crippen LogP contribution >= 0.6 is 0 Å². The molecule has 2 atom stereocenters. The maximum Gasteiger partial charge on any atom is 0.0237 e. The highest BCUT2D eigenvalue weighted by atomic mass is 15.1. The smallest absolute Gasteiger partial charge is 0.0237 e. The Kier molecular flexibility index (Phi) is 6.06. The molecule has 1 heterocycles. The second-order valence-electron chi connectivity index (χ2n) is 6.42. The van der Waals surface area contributed by atoms with Gasteiger partial charge in [0, 0.05) is 19.6 Å². The maximum atomic E-state index is 3.53. The van der Waals surface area contributed by atoms with Gasteiger partial charge in [-0.25, -0.2) is 0 Å². The van der Waals surface area contributed by atoms with Gasteiger partial charge >= 0.3 is 0 Å². The monoisotopic (exact) mass is 274 g/mol. The van der Waals surface area contributed by atoms with Crippen LogP contribution in [0, 0.1) is 11.8 Å². The van der Waals surface area contributed by atoms with Gasteiger partial charge in [0.05, 0.1) is 0 Å². The minimum atomic E-state index is 0.828. The number of hydrogen-bond donors (Lipinski definition) is 1. The van der Waals surface area contributed by atoms with E-state index in [0.717, 1.165) is 31.5 Å². The second kappa shape index (κ2) is 7.80. The lowest BCUT2D eigenvalue weighted by Crippen LogP contribution is -2.38. The van der Waals surface area contributed by atoms with Gasteiger partial charge in [0.2, 0.25) is 0 Å². The molecule has 2 heteroatoms. The average molecular weight is 274 g/mol. The van der Waals surface area contributed by atoms with Crippen LogP contribution in [0.25, 0.3) is 0 Å². The molecule has 2 nitrogen and oxygen atoms in total. The quantitative estimate of drug-likeness (QED) is 0.796. The van der Waals surface area contributed by atoms with Gasteiger partial charge in [-0.3, -0.25) is 4.90 Å². The number of nitrogens with zero attached hydrogens (tertiary/aromatic N) is 1. The van der Waals surface area contributed by atoms with Gasteiger partial charge in [-0.15, -0.1) is 0 Å². The molecule has 0 radical (unpaired) electrons. The fourth-order valence-corrected chi connectivity index (χ4v) is 3.02. The van der Waals surface area contributed by atoms with Crippen LogP contribution < -0.4 is 5.32 Å². The van der Waals surface area contributed by atoms with Crippen LogP contribution in [0.15, 0.2) is 24.3 Å². The van der Waals surface area contributed by atoms with Crippen molar-refractivity contribution in [1.29, 1.82) is 0 Å². The van der Waals surface area contributed by atoms with Gasteiger partial charge in [0.1, 0.15) is 0 Å². The predicted octanol–water partition coefficient (Wildman–Crippen LogP) is 3.66. The number of hydrogen-bond acceptors (Lipinski definition) is 2. The van der Waals surface area contributed by atoms with Crippen LogP contribution in [0.3, 0.4) is 0 Å². The topological polar surface area (TPSA) is 15.3 Å². The van der Waals surface area contributed by atoms with Crippen molar-refractivity contribution < 1.29 is 0 Å². The van der Waals surface area contributed by atoms with Crippen LogP contribution in [-0.2, 0) is 13.1 Å². The second-order valence-corrected chi connectivity index (χ2v) is 6.42. The van der Waals surface area contributed by atoms with Crippen molar-refractivity contribution in [2.45, 2.75) is 46.7 Å². The minimum Gasteiger partial charge on any atom is -0.313 e. The lowest BCUT2D eigenvalue weighted by Gasteiger charge is -2.35. The first-order chi connectivity index (χ1) is 9.70. The summed E-state index contributed by atoms with van der Waals surface area (Å²) in [6.07, 6.45) is 2.54. The molecule has 112 valence electrons. The summed E-state index contributed by atoms with van der Waals surface area (Å²) in [6, 6.07) is 8.90. The Hall–Kier alpha value is -0.860. The predicted molar refractivity (Wildman–Crippen MR) is 86.7 cm³/mol. The van der Waals surface area contributed by atoms with E-state index >= 15 is 0 Å². The first-order valence-electron chi connectivity index (χ1n) is 8.20. The van der Waals surface area contributed by atoms with E-state index in [4.69, 9.17) is 0 Å². The van der Waals surface area contributed by atoms with Crippen molar-refractivity contribution in [1.82, 2.24) is 10.2 Å². The van der Waals surface area contributed by atoms with E-state index in [2.05, 4.69) is 55.3 Å². The molecule has 0 bridgehead atoms. The number of benzene rings is 1. The summed E-state index contributed by atoms with van der Waals surface area (Å²) in [5.74, 6) is 1.71. The van der Waals surface area contributed by atoms with Crippen LogP contribution in [0.1, 0.15) is 44.7 Å². The molecular formula is C18H30N2. The molecular weight excluding hydrogens is 244 g/mol. The molecule has 1 aliphatic heterocycles. The summed E-state index contributed by atoms with van der Waals surface area (Å²) in [5.41, 5.74) is 2.96. The lowest BCUT2D eigenvalue weighted by atomic mass is 9.88. The Morgan fingerprint density at radius 1 is 1.15 bits per heavy atom. The molecule has 1 aromatic carbocycles. The Morgan fingerprint density at radius 3 is 2.60 bits per heavy atom. The standard InChI is InChI=1S/C18H30N2/c1-4-10-19-12-17-7-5-6-8-18(17)14-20-11-9-15(2)16(3)13-20/h5-8,15-16,19H,4,9-14H2,1-3H3. The van der Waals surface area contributed by atoms with Crippen molar-refractivity contribution in [3.05, 3.63) is 35.4 Å². The van der Waals surface area contributed by atoms with Gasteiger partial charge in [-0.1, -0.05) is 45.0 Å². The highest BCUT2D eigenvalue weighted by Gasteiger charge is 2.22. The van der Waals surface area contributed by atoms with Gasteiger partial charge in [-0.05, 0) is 48.9 Å². The summed E-state index contributed by atoms with van der Waals surface area (Å²) >= 11 is 0. The summed E-state index contributed by atoms with van der Waals surface area (Å²) in [4.78, 5) is 2.63. The number of rotatable bonds is 6. The number of nitrogens with one attached hydrogen (secondary N) is 1. The zero-order valence-corrected chi connectivity index (χ0v) is 13.4. The van der Waals surface area contributed by atoms with Crippen LogP contribution in [0.5, 0.6) is 0 Å². The Bertz CT molecular complexity index is 402. The van der Waals surface area contributed by atoms with E-state index < -0.39 is 0 Å². The molecule has 0 aromatic heterocycles. The molecule has 2 rings (SSSR count). The zero-order valence-electron chi connectivity index (χ0n) is 13.4. The number of likely N-dealkylation sites (tertiary alicyclic amines) is 1. The molecule has 0 saturated carbocycles. The third-order valence-electron chi connectivity index (χ3n) is 4.67. The average Bonchev–Trinajstić information content (AvgIpc) is 2.45. The van der Waals surface area contributed by atoms with Crippen LogP contribution in [0.4, 0.5) is 0 Å². The SMILES string of the molecule is CCCNCc1ccccc1CN1CCC(C)C(C)C1. The normalized spacial score (nSPS) is 23.9. The van der Waals surface area contributed by atoms with E-state index in [1.54, 1.807) is 0 Å². The third kappa shape index (κ3) is 4.32. The summed E-state index contributed by atoms with van der Waals surface area (Å²) in [6.45, 7) is 12.7. The molecule has 1 saturated heterocycles. The first kappa shape index (κ1) is 15.5. The Labute approximate surface area is 124 Å². The van der Waals surface area contributed by atoms with Gasteiger partial charge in [-0.2, -0.15) is 0 Å². The largest absolute Gasteiger partial charge is 0.313 e. The van der Waals surface area contributed by atoms with Crippen LogP contribution in [0.2, 0.25) is 0 Å². The lowest BCUT2D eigenvalue weighted by molar-refractivity contribution is 0.132. The summed E-state index contributed by atoms with van der Waals surface area (Å²) < 4.78 is 0. The molecule has 20 heavy (non-hydrogen) atoms. The van der Waals surface area contributed by atoms with Crippen molar-refractivity contribution >= 4 is 0 Å². The highest BCUT2D eigenvalue weighted by Crippen LogP contribution is 2.24. The molecule has 0 aliphatic carbocycles. The van der Waals surface area contributed by atoms with Crippen LogP contribution in [-0.4, -0.2) is 24.5 Å². The van der Waals surface area contributed by atoms with Gasteiger partial charge < -0.3 is 5.32 Å². The van der Waals surface area contributed by atoms with Gasteiger partial charge in [0.25, 0.3) is 0 Å². The molecule has 0 spiro atoms. The van der Waals surface area contributed by atoms with E-state index in [1.165, 1.54) is 37.1 Å². The van der Waals surface area contributed by atoms with Crippen molar-refractivity contribution in [3.63, 3.8) is 0 Å². The molecule has 2 unspecified atom stereocenters. The molecule has 1 aromatic rings. The Balaban J connectivity index is 1.94. The fourth-order valence-electron chi connectivity index (χ4n) is 3.02. The molecule has 0 amide bonds. The van der Waals surface area contributed by atoms with E-state index in [-0.39, 0.29) is 0 Å². The zero-order chi connectivity index (χ0) is 14.4. The van der Waals surface area contributed by atoms with Gasteiger partial charge in [0.15, 0.2) is 0 Å². The first-order valence-corrected chi connectivity index (χ1v) is 8.20. The third-order valence-corrected chi connectivity index (χ3v) is 4.67. The summed E-state index contributed by atoms with van der Waals surface area (Å²) in [5, 5.41) is 3.53. The molecule has 1 fully saturated rings. The molecule has 1 N–H and O–H groups in total. The van der Waals surface area contributed by atoms with Crippen molar-refractivity contribution in [2.24, 2.45) is 11.8 Å². The minimum absolute atomic E-state index is 0.828. The summed E-state index contributed by atoms with van der Waals surface area (Å²) in [7, 11) is 0. The molecule has 1 aliphatic rings. The number of piperidine rings is 1. The van der Waals surface area contributed by atoms with E-state index in [9.17, 15) is 0 Å².